The van der Waals surface area contributed by atoms with Crippen LogP contribution in [0.2, 0.25) is 0 Å². The van der Waals surface area contributed by atoms with Crippen molar-refractivity contribution in [1.29, 1.82) is 0 Å². The van der Waals surface area contributed by atoms with Gasteiger partial charge in [-0.15, -0.1) is 0 Å². The molecule has 74 valence electrons. The molecule has 1 aromatic carbocycles. The number of aromatic carboxylic acids is 1. The van der Waals surface area contributed by atoms with Crippen molar-refractivity contribution in [3.63, 3.8) is 0 Å². The number of halogens is 1. The molecule has 5 nitrogen and oxygen atoms in total. The number of rotatable bonds is 2. The lowest BCUT2D eigenvalue weighted by Crippen LogP contribution is -2.13. The maximum absolute atomic E-state index is 12.9. The lowest BCUT2D eigenvalue weighted by molar-refractivity contribution is 0.0693. The number of nitrogens with one attached hydrogen (secondary N) is 1. The molecule has 6 heteroatoms. The van der Waals surface area contributed by atoms with E-state index in [0.29, 0.717) is 0 Å². The number of carboxylic acid groups (broad SMARTS) is 2. The Labute approximate surface area is 77.8 Å². The highest BCUT2D eigenvalue weighted by Gasteiger charge is 2.16. The Morgan fingerprint density at radius 2 is 1.93 bits per heavy atom. The number of anilines is 1. The molecule has 0 fully saturated rings. The summed E-state index contributed by atoms with van der Waals surface area (Å²) in [7, 11) is 0. The Kier molecular flexibility index (Phi) is 2.66. The summed E-state index contributed by atoms with van der Waals surface area (Å²) in [5.74, 6) is -2.50. The third-order valence-corrected chi connectivity index (χ3v) is 1.47. The topological polar surface area (TPSA) is 86.6 Å². The van der Waals surface area contributed by atoms with Gasteiger partial charge in [-0.1, -0.05) is 6.07 Å². The maximum atomic E-state index is 12.9. The van der Waals surface area contributed by atoms with E-state index in [1.165, 1.54) is 12.1 Å². The van der Waals surface area contributed by atoms with E-state index in [1.807, 2.05) is 0 Å². The van der Waals surface area contributed by atoms with Gasteiger partial charge in [0, 0.05) is 0 Å². The first-order valence-electron chi connectivity index (χ1n) is 3.54. The van der Waals surface area contributed by atoms with Gasteiger partial charge in [-0.3, -0.25) is 5.32 Å². The van der Waals surface area contributed by atoms with Gasteiger partial charge in [0.05, 0.1) is 5.69 Å². The van der Waals surface area contributed by atoms with Crippen LogP contribution in [0, 0.1) is 5.82 Å². The van der Waals surface area contributed by atoms with Gasteiger partial charge in [0.15, 0.2) is 0 Å². The summed E-state index contributed by atoms with van der Waals surface area (Å²) in [5.41, 5.74) is -0.972. The minimum Gasteiger partial charge on any atom is -0.478 e. The van der Waals surface area contributed by atoms with Gasteiger partial charge in [0.25, 0.3) is 0 Å². The molecule has 0 aliphatic carbocycles. The fourth-order valence-electron chi connectivity index (χ4n) is 0.961. The second-order valence-electron chi connectivity index (χ2n) is 2.40. The van der Waals surface area contributed by atoms with Gasteiger partial charge >= 0.3 is 12.1 Å². The van der Waals surface area contributed by atoms with Crippen LogP contribution >= 0.6 is 0 Å². The van der Waals surface area contributed by atoms with Crippen LogP contribution in [0.1, 0.15) is 10.4 Å². The third kappa shape index (κ3) is 1.98. The van der Waals surface area contributed by atoms with Crippen molar-refractivity contribution >= 4 is 17.7 Å². The van der Waals surface area contributed by atoms with E-state index in [9.17, 15) is 14.0 Å². The lowest BCUT2D eigenvalue weighted by Gasteiger charge is -2.05. The van der Waals surface area contributed by atoms with Crippen molar-refractivity contribution in [2.75, 3.05) is 5.32 Å². The molecule has 0 aromatic heterocycles. The van der Waals surface area contributed by atoms with E-state index in [1.54, 1.807) is 5.32 Å². The molecule has 1 amide bonds. The lowest BCUT2D eigenvalue weighted by atomic mass is 10.1. The molecule has 0 radical (unpaired) electrons. The molecular weight excluding hydrogens is 193 g/mol. The summed E-state index contributed by atoms with van der Waals surface area (Å²) in [6.45, 7) is 0. The van der Waals surface area contributed by atoms with Crippen LogP contribution in [0.5, 0.6) is 0 Å². The molecule has 1 aromatic rings. The second-order valence-corrected chi connectivity index (χ2v) is 2.40. The van der Waals surface area contributed by atoms with Crippen molar-refractivity contribution in [1.82, 2.24) is 0 Å². The largest absolute Gasteiger partial charge is 0.478 e. The minimum absolute atomic E-state index is 0.287. The Bertz CT molecular complexity index is 391. The van der Waals surface area contributed by atoms with Crippen LogP contribution in [-0.2, 0) is 0 Å². The zero-order chi connectivity index (χ0) is 10.7. The van der Waals surface area contributed by atoms with E-state index < -0.39 is 23.4 Å². The Balaban J connectivity index is 3.21. The number of hydrogen-bond donors (Lipinski definition) is 3. The normalized spacial score (nSPS) is 9.50. The van der Waals surface area contributed by atoms with E-state index in [-0.39, 0.29) is 5.69 Å². The summed E-state index contributed by atoms with van der Waals surface area (Å²) in [6.07, 6.45) is -1.45. The zero-order valence-electron chi connectivity index (χ0n) is 6.82. The fourth-order valence-corrected chi connectivity index (χ4v) is 0.961. The highest BCUT2D eigenvalue weighted by molar-refractivity contribution is 5.98. The van der Waals surface area contributed by atoms with E-state index >= 15 is 0 Å². The van der Waals surface area contributed by atoms with E-state index in [0.717, 1.165) is 6.07 Å². The summed E-state index contributed by atoms with van der Waals surface area (Å²) >= 11 is 0. The molecule has 0 aliphatic rings. The molecule has 0 bridgehead atoms. The number of carbonyl (C=O) groups is 2. The minimum atomic E-state index is -1.52. The molecule has 0 aliphatic heterocycles. The molecule has 0 saturated carbocycles. The predicted octanol–water partition coefficient (Wildman–Crippen LogP) is 1.61. The summed E-state index contributed by atoms with van der Waals surface area (Å²) in [4.78, 5) is 20.8. The predicted molar refractivity (Wildman–Crippen MR) is 45.0 cm³/mol. The molecule has 1 rings (SSSR count). The van der Waals surface area contributed by atoms with Crippen LogP contribution in [0.25, 0.3) is 0 Å². The van der Waals surface area contributed by atoms with Gasteiger partial charge < -0.3 is 10.2 Å². The Hall–Kier alpha value is -2.11. The average Bonchev–Trinajstić information content (AvgIpc) is 2.01. The smallest absolute Gasteiger partial charge is 0.409 e. The van der Waals surface area contributed by atoms with Crippen LogP contribution in [-0.4, -0.2) is 22.3 Å². The average molecular weight is 199 g/mol. The Morgan fingerprint density at radius 1 is 1.29 bits per heavy atom. The van der Waals surface area contributed by atoms with E-state index in [4.69, 9.17) is 10.2 Å². The molecule has 14 heavy (non-hydrogen) atoms. The summed E-state index contributed by atoms with van der Waals surface area (Å²) in [5, 5.41) is 18.7. The molecule has 0 unspecified atom stereocenters. The molecular formula is C8H6FNO4. The van der Waals surface area contributed by atoms with Crippen molar-refractivity contribution < 1.29 is 24.2 Å². The summed E-state index contributed by atoms with van der Waals surface area (Å²) < 4.78 is 12.9. The van der Waals surface area contributed by atoms with Crippen molar-refractivity contribution in [3.05, 3.63) is 29.6 Å². The van der Waals surface area contributed by atoms with Crippen molar-refractivity contribution in [3.8, 4) is 0 Å². The van der Waals surface area contributed by atoms with Gasteiger partial charge in [-0.25, -0.2) is 14.0 Å². The molecule has 3 N–H and O–H groups in total. The van der Waals surface area contributed by atoms with Crippen LogP contribution in [0.3, 0.4) is 0 Å². The number of carboxylic acids is 1. The SMILES string of the molecule is O=C(O)Nc1cccc(F)c1C(=O)O. The van der Waals surface area contributed by atoms with Gasteiger partial charge in [0.2, 0.25) is 0 Å². The van der Waals surface area contributed by atoms with Gasteiger partial charge in [-0.05, 0) is 12.1 Å². The van der Waals surface area contributed by atoms with Crippen LogP contribution < -0.4 is 5.32 Å². The van der Waals surface area contributed by atoms with E-state index in [2.05, 4.69) is 0 Å². The summed E-state index contributed by atoms with van der Waals surface area (Å²) in [6, 6.07) is 3.32. The molecule has 0 heterocycles. The highest BCUT2D eigenvalue weighted by Crippen LogP contribution is 2.18. The fraction of sp³-hybridized carbons (Fsp3) is 0. The van der Waals surface area contributed by atoms with Crippen molar-refractivity contribution in [2.45, 2.75) is 0 Å². The van der Waals surface area contributed by atoms with Gasteiger partial charge in [0.1, 0.15) is 11.4 Å². The second kappa shape index (κ2) is 3.73. The molecule has 0 atom stereocenters. The monoisotopic (exact) mass is 199 g/mol. The molecule has 0 saturated heterocycles. The first-order chi connectivity index (χ1) is 6.52. The number of amides is 1. The zero-order valence-corrected chi connectivity index (χ0v) is 6.82. The van der Waals surface area contributed by atoms with Gasteiger partial charge in [-0.2, -0.15) is 0 Å². The maximum Gasteiger partial charge on any atom is 0.409 e. The van der Waals surface area contributed by atoms with Crippen LogP contribution in [0.15, 0.2) is 18.2 Å². The number of benzene rings is 1. The first-order valence-corrected chi connectivity index (χ1v) is 3.54. The quantitative estimate of drug-likeness (QED) is 0.675. The van der Waals surface area contributed by atoms with Crippen LogP contribution in [0.4, 0.5) is 14.9 Å². The standard InChI is InChI=1S/C8H6FNO4/c9-4-2-1-3-5(10-8(13)14)6(4)7(11)12/h1-3,10H,(H,11,12)(H,13,14). The highest BCUT2D eigenvalue weighted by atomic mass is 19.1. The Morgan fingerprint density at radius 3 is 2.43 bits per heavy atom. The first kappa shape index (κ1) is 9.97. The molecule has 0 spiro atoms. The number of hydrogen-bond acceptors (Lipinski definition) is 2. The third-order valence-electron chi connectivity index (χ3n) is 1.47. The van der Waals surface area contributed by atoms with Crippen molar-refractivity contribution in [2.24, 2.45) is 0 Å².